The SMILES string of the molecule is CC/C=C\C/C=C\C/C=C\C/C=C\C/C=C\C/C=C\C/C=C\C/C=C\C/C=C\CCCCCCCCCCCC(=O)OC(COC(=O)CCCCCCCCCCCCCC/C=C\C/C=C\C/C=C\C/C=C\C/C=C\C/C=C\C/C=C\C/C=C\CC)COP(=O)(O)OCC[N+](C)(C)C. The predicted molar refractivity (Wildman–Crippen MR) is 426 cm³/mol. The van der Waals surface area contributed by atoms with E-state index in [0.29, 0.717) is 17.4 Å². The zero-order chi connectivity index (χ0) is 71.1. The number of quaternary nitrogens is 1. The second kappa shape index (κ2) is 75.8. The second-order valence-electron chi connectivity index (χ2n) is 26.3. The number of nitrogens with zero attached hydrogens (tertiary/aromatic N) is 1. The number of rotatable bonds is 69. The summed E-state index contributed by atoms with van der Waals surface area (Å²) in [4.78, 5) is 36.0. The molecular formula is C88H143NO8P+. The number of hydrogen-bond donors (Lipinski definition) is 1. The Hall–Kier alpha value is -5.41. The molecule has 0 aromatic carbocycles. The second-order valence-corrected chi connectivity index (χ2v) is 27.7. The third-order valence-corrected chi connectivity index (χ3v) is 16.8. The first-order chi connectivity index (χ1) is 48.0. The molecule has 9 nitrogen and oxygen atoms in total. The molecule has 0 heterocycles. The summed E-state index contributed by atoms with van der Waals surface area (Å²) in [5.74, 6) is -0.816. The highest BCUT2D eigenvalue weighted by Crippen LogP contribution is 2.43. The summed E-state index contributed by atoms with van der Waals surface area (Å²) in [7, 11) is 1.45. The van der Waals surface area contributed by atoms with Crippen molar-refractivity contribution in [2.45, 2.75) is 290 Å². The van der Waals surface area contributed by atoms with Gasteiger partial charge in [-0.1, -0.05) is 330 Å². The summed E-state index contributed by atoms with van der Waals surface area (Å²) in [6, 6.07) is 0. The Morgan fingerprint density at radius 3 is 0.816 bits per heavy atom. The largest absolute Gasteiger partial charge is 0.472 e. The Morgan fingerprint density at radius 1 is 0.316 bits per heavy atom. The summed E-state index contributed by atoms with van der Waals surface area (Å²) >= 11 is 0. The number of hydrogen-bond acceptors (Lipinski definition) is 7. The molecule has 0 radical (unpaired) electrons. The lowest BCUT2D eigenvalue weighted by Crippen LogP contribution is -2.37. The maximum atomic E-state index is 12.9. The first-order valence-corrected chi connectivity index (χ1v) is 40.3. The Bertz CT molecular complexity index is 2410. The van der Waals surface area contributed by atoms with Gasteiger partial charge in [-0.05, 0) is 148 Å². The molecule has 0 rings (SSSR count). The monoisotopic (exact) mass is 1370 g/mol. The van der Waals surface area contributed by atoms with E-state index in [0.717, 1.165) is 161 Å². The van der Waals surface area contributed by atoms with Crippen molar-refractivity contribution in [2.75, 3.05) is 47.5 Å². The van der Waals surface area contributed by atoms with Gasteiger partial charge in [0.2, 0.25) is 0 Å². The Labute approximate surface area is 602 Å². The molecule has 10 heteroatoms. The molecule has 0 aromatic heterocycles. The molecule has 0 aliphatic rings. The number of phosphoric ester groups is 1. The topological polar surface area (TPSA) is 108 Å². The van der Waals surface area contributed by atoms with Crippen LogP contribution in [0.1, 0.15) is 284 Å². The molecule has 0 spiro atoms. The Morgan fingerprint density at radius 2 is 0.551 bits per heavy atom. The average Bonchev–Trinajstić information content (AvgIpc) is 1.08. The molecule has 0 aliphatic carbocycles. The molecule has 1 N–H and O–H groups in total. The fourth-order valence-electron chi connectivity index (χ4n) is 9.97. The molecular weight excluding hydrogens is 1230 g/mol. The van der Waals surface area contributed by atoms with E-state index in [1.807, 2.05) is 21.1 Å². The number of carbonyl (C=O) groups excluding carboxylic acids is 2. The Kier molecular flexibility index (Phi) is 71.6. The fourth-order valence-corrected chi connectivity index (χ4v) is 10.7. The molecule has 98 heavy (non-hydrogen) atoms. The van der Waals surface area contributed by atoms with Crippen LogP contribution in [-0.2, 0) is 32.7 Å². The van der Waals surface area contributed by atoms with Crippen molar-refractivity contribution < 1.29 is 42.1 Å². The maximum absolute atomic E-state index is 12.9. The van der Waals surface area contributed by atoms with E-state index in [1.165, 1.54) is 89.9 Å². The van der Waals surface area contributed by atoms with Crippen LogP contribution in [0.5, 0.6) is 0 Å². The highest BCUT2D eigenvalue weighted by atomic mass is 31.2. The number of allylic oxidation sites excluding steroid dienone is 34. The van der Waals surface area contributed by atoms with Crippen LogP contribution >= 0.6 is 7.82 Å². The molecule has 0 aliphatic heterocycles. The molecule has 0 aromatic rings. The van der Waals surface area contributed by atoms with E-state index in [-0.39, 0.29) is 32.0 Å². The van der Waals surface area contributed by atoms with Crippen molar-refractivity contribution in [3.63, 3.8) is 0 Å². The van der Waals surface area contributed by atoms with Gasteiger partial charge in [-0.2, -0.15) is 0 Å². The zero-order valence-corrected chi connectivity index (χ0v) is 63.8. The van der Waals surface area contributed by atoms with Gasteiger partial charge in [0.1, 0.15) is 19.8 Å². The van der Waals surface area contributed by atoms with Gasteiger partial charge in [-0.15, -0.1) is 0 Å². The summed E-state index contributed by atoms with van der Waals surface area (Å²) in [6.07, 6.45) is 119. The van der Waals surface area contributed by atoms with Crippen molar-refractivity contribution in [1.29, 1.82) is 0 Å². The van der Waals surface area contributed by atoms with Crippen LogP contribution in [0.2, 0.25) is 0 Å². The van der Waals surface area contributed by atoms with Gasteiger partial charge in [0, 0.05) is 12.8 Å². The van der Waals surface area contributed by atoms with E-state index in [9.17, 15) is 19.0 Å². The molecule has 2 atom stereocenters. The quantitative estimate of drug-likeness (QED) is 0.0211. The van der Waals surface area contributed by atoms with Crippen molar-refractivity contribution in [3.8, 4) is 0 Å². The van der Waals surface area contributed by atoms with Crippen LogP contribution in [0.15, 0.2) is 207 Å². The van der Waals surface area contributed by atoms with Crippen molar-refractivity contribution >= 4 is 19.8 Å². The van der Waals surface area contributed by atoms with Crippen LogP contribution in [0.25, 0.3) is 0 Å². The first-order valence-electron chi connectivity index (χ1n) is 38.8. The molecule has 0 fully saturated rings. The number of unbranched alkanes of at least 4 members (excludes halogenated alkanes) is 21. The summed E-state index contributed by atoms with van der Waals surface area (Å²) in [5.41, 5.74) is 0. The van der Waals surface area contributed by atoms with Gasteiger partial charge in [-0.25, -0.2) is 4.57 Å². The molecule has 0 amide bonds. The Balaban J connectivity index is 4.10. The van der Waals surface area contributed by atoms with E-state index in [4.69, 9.17) is 18.5 Å². The lowest BCUT2D eigenvalue weighted by Gasteiger charge is -2.24. The predicted octanol–water partition coefficient (Wildman–Crippen LogP) is 26.2. The van der Waals surface area contributed by atoms with Crippen molar-refractivity contribution in [2.24, 2.45) is 0 Å². The lowest BCUT2D eigenvalue weighted by molar-refractivity contribution is -0.870. The smallest absolute Gasteiger partial charge is 0.462 e. The number of likely N-dealkylation sites (N-methyl/N-ethyl adjacent to an activating group) is 1. The third kappa shape index (κ3) is 79.6. The molecule has 0 saturated heterocycles. The fraction of sp³-hybridized carbons (Fsp3) is 0.591. The number of esters is 2. The molecule has 552 valence electrons. The normalized spacial score (nSPS) is 14.2. The van der Waals surface area contributed by atoms with Gasteiger partial charge in [-0.3, -0.25) is 18.6 Å². The van der Waals surface area contributed by atoms with Gasteiger partial charge in [0.15, 0.2) is 6.10 Å². The van der Waals surface area contributed by atoms with Crippen LogP contribution in [0, 0.1) is 0 Å². The third-order valence-electron chi connectivity index (χ3n) is 15.8. The summed E-state index contributed by atoms with van der Waals surface area (Å²) < 4.78 is 34.8. The maximum Gasteiger partial charge on any atom is 0.472 e. The van der Waals surface area contributed by atoms with E-state index >= 15 is 0 Å². The van der Waals surface area contributed by atoms with Crippen LogP contribution < -0.4 is 0 Å². The van der Waals surface area contributed by atoms with Crippen LogP contribution in [-0.4, -0.2) is 74.9 Å². The van der Waals surface area contributed by atoms with Crippen LogP contribution in [0.3, 0.4) is 0 Å². The highest BCUT2D eigenvalue weighted by Gasteiger charge is 2.27. The zero-order valence-electron chi connectivity index (χ0n) is 62.9. The minimum atomic E-state index is -4.41. The van der Waals surface area contributed by atoms with E-state index in [1.54, 1.807) is 0 Å². The molecule has 2 unspecified atom stereocenters. The minimum absolute atomic E-state index is 0.0203. The number of carbonyl (C=O) groups is 2. The number of phosphoric acid groups is 1. The van der Waals surface area contributed by atoms with Crippen molar-refractivity contribution in [1.82, 2.24) is 0 Å². The summed E-state index contributed by atoms with van der Waals surface area (Å²) in [5, 5.41) is 0. The average molecular weight is 1370 g/mol. The molecule has 0 saturated carbocycles. The summed E-state index contributed by atoms with van der Waals surface area (Å²) in [6.45, 7) is 4.19. The molecule has 0 bridgehead atoms. The first kappa shape index (κ1) is 92.6. The van der Waals surface area contributed by atoms with Gasteiger partial charge < -0.3 is 18.9 Å². The van der Waals surface area contributed by atoms with Gasteiger partial charge in [0.05, 0.1) is 27.7 Å². The van der Waals surface area contributed by atoms with Crippen molar-refractivity contribution in [3.05, 3.63) is 207 Å². The lowest BCUT2D eigenvalue weighted by atomic mass is 10.0. The van der Waals surface area contributed by atoms with Crippen LogP contribution in [0.4, 0.5) is 0 Å². The standard InChI is InChI=1S/C88H142NO8P/c1-6-8-10-12-14-16-18-20-22-24-26-28-30-32-34-36-38-40-42-44-46-48-50-52-54-56-58-60-62-64-66-68-70-72-74-76-78-80-87(90)94-84-86(85-96-98(92,93)95-83-82-89(3,4)5)97-88(91)81-79-77-75-73-71-69-67-65-63-61-59-57-55-53-51-49-47-45-43-41-39-37-35-33-31-29-27-25-23-21-19-17-15-13-11-9-7-2/h8-11,14-17,20-23,26-29,32-35,38-41,44-47,50-53,57,59,86H,6-7,12-13,18-19,24-25,30-31,36-37,42-43,48-49,54-56,58,60-85H2,1-5H3/p+1/b10-8-,11-9-,16-14-,17-15-,22-20-,23-21-,28-26-,29-27-,34-32-,35-33-,40-38-,41-39-,46-44-,47-45-,52-50-,53-51-,59-57-. The number of ether oxygens (including phenoxy) is 2. The van der Waals surface area contributed by atoms with E-state index in [2.05, 4.69) is 220 Å². The van der Waals surface area contributed by atoms with E-state index < -0.39 is 26.5 Å². The highest BCUT2D eigenvalue weighted by molar-refractivity contribution is 7.47. The van der Waals surface area contributed by atoms with Gasteiger partial charge in [0.25, 0.3) is 0 Å². The minimum Gasteiger partial charge on any atom is -0.462 e. The van der Waals surface area contributed by atoms with Gasteiger partial charge >= 0.3 is 19.8 Å².